The van der Waals surface area contributed by atoms with Gasteiger partial charge in [0.25, 0.3) is 0 Å². The van der Waals surface area contributed by atoms with E-state index >= 15 is 0 Å². The van der Waals surface area contributed by atoms with Crippen molar-refractivity contribution in [1.29, 1.82) is 0 Å². The van der Waals surface area contributed by atoms with E-state index in [0.29, 0.717) is 6.54 Å². The van der Waals surface area contributed by atoms with Gasteiger partial charge >= 0.3 is 0 Å². The Balaban J connectivity index is 2.44. The quantitative estimate of drug-likeness (QED) is 0.757. The SMILES string of the molecule is NCC=Cc1cc2ccccc2o1. The van der Waals surface area contributed by atoms with Crippen LogP contribution in [0.5, 0.6) is 0 Å². The topological polar surface area (TPSA) is 39.2 Å². The minimum atomic E-state index is 0.539. The van der Waals surface area contributed by atoms with Crippen LogP contribution in [0.3, 0.4) is 0 Å². The number of hydrogen-bond donors (Lipinski definition) is 1. The van der Waals surface area contributed by atoms with Gasteiger partial charge in [-0.15, -0.1) is 0 Å². The predicted octanol–water partition coefficient (Wildman–Crippen LogP) is 2.40. The average molecular weight is 173 g/mol. The molecule has 1 aromatic carbocycles. The number of fused-ring (bicyclic) bond motifs is 1. The van der Waals surface area contributed by atoms with Crippen molar-refractivity contribution in [3.05, 3.63) is 42.2 Å². The summed E-state index contributed by atoms with van der Waals surface area (Å²) < 4.78 is 5.53. The van der Waals surface area contributed by atoms with E-state index in [0.717, 1.165) is 16.7 Å². The van der Waals surface area contributed by atoms with E-state index in [4.69, 9.17) is 10.2 Å². The Morgan fingerprint density at radius 3 is 2.92 bits per heavy atom. The fourth-order valence-electron chi connectivity index (χ4n) is 1.27. The van der Waals surface area contributed by atoms with Crippen molar-refractivity contribution in [1.82, 2.24) is 0 Å². The molecule has 1 aromatic heterocycles. The van der Waals surface area contributed by atoms with Crippen LogP contribution >= 0.6 is 0 Å². The molecule has 0 fully saturated rings. The highest BCUT2D eigenvalue weighted by atomic mass is 16.3. The molecule has 0 amide bonds. The lowest BCUT2D eigenvalue weighted by atomic mass is 10.2. The highest BCUT2D eigenvalue weighted by molar-refractivity contribution is 5.79. The summed E-state index contributed by atoms with van der Waals surface area (Å²) >= 11 is 0. The highest BCUT2D eigenvalue weighted by Crippen LogP contribution is 2.19. The molecule has 0 saturated heterocycles. The minimum Gasteiger partial charge on any atom is -0.457 e. The molecule has 0 unspecified atom stereocenters. The maximum absolute atomic E-state index is 5.53. The third-order valence-electron chi connectivity index (χ3n) is 1.86. The van der Waals surface area contributed by atoms with Crippen LogP contribution in [0.2, 0.25) is 0 Å². The van der Waals surface area contributed by atoms with Crippen molar-refractivity contribution >= 4 is 17.0 Å². The summed E-state index contributed by atoms with van der Waals surface area (Å²) in [6.07, 6.45) is 3.76. The van der Waals surface area contributed by atoms with Crippen molar-refractivity contribution < 1.29 is 4.42 Å². The van der Waals surface area contributed by atoms with Gasteiger partial charge in [-0.1, -0.05) is 24.3 Å². The fraction of sp³-hybridized carbons (Fsp3) is 0.0909. The van der Waals surface area contributed by atoms with Gasteiger partial charge in [-0.3, -0.25) is 0 Å². The first-order valence-corrected chi connectivity index (χ1v) is 4.25. The molecule has 66 valence electrons. The summed E-state index contributed by atoms with van der Waals surface area (Å²) in [6.45, 7) is 0.539. The Labute approximate surface area is 76.7 Å². The van der Waals surface area contributed by atoms with Gasteiger partial charge in [-0.05, 0) is 18.2 Å². The van der Waals surface area contributed by atoms with Gasteiger partial charge < -0.3 is 10.2 Å². The van der Waals surface area contributed by atoms with Crippen molar-refractivity contribution in [3.8, 4) is 0 Å². The van der Waals surface area contributed by atoms with Gasteiger partial charge in [0, 0.05) is 11.9 Å². The molecule has 0 saturated carbocycles. The molecule has 0 aliphatic heterocycles. The fourth-order valence-corrected chi connectivity index (χ4v) is 1.27. The van der Waals surface area contributed by atoms with E-state index < -0.39 is 0 Å². The standard InChI is InChI=1S/C11H11NO/c12-7-3-5-10-8-9-4-1-2-6-11(9)13-10/h1-6,8H,7,12H2. The van der Waals surface area contributed by atoms with Crippen LogP contribution in [-0.4, -0.2) is 6.54 Å². The molecule has 0 bridgehead atoms. The first-order valence-electron chi connectivity index (χ1n) is 4.25. The summed E-state index contributed by atoms with van der Waals surface area (Å²) in [7, 11) is 0. The zero-order valence-corrected chi connectivity index (χ0v) is 7.23. The average Bonchev–Trinajstić information content (AvgIpc) is 2.57. The smallest absolute Gasteiger partial charge is 0.134 e. The molecule has 2 nitrogen and oxygen atoms in total. The third-order valence-corrected chi connectivity index (χ3v) is 1.86. The van der Waals surface area contributed by atoms with Crippen molar-refractivity contribution in [2.75, 3.05) is 6.54 Å². The van der Waals surface area contributed by atoms with Crippen LogP contribution in [0.4, 0.5) is 0 Å². The molecule has 2 aromatic rings. The monoisotopic (exact) mass is 173 g/mol. The van der Waals surface area contributed by atoms with Crippen LogP contribution in [-0.2, 0) is 0 Å². The van der Waals surface area contributed by atoms with Crippen molar-refractivity contribution in [3.63, 3.8) is 0 Å². The second-order valence-electron chi connectivity index (χ2n) is 2.82. The largest absolute Gasteiger partial charge is 0.457 e. The summed E-state index contributed by atoms with van der Waals surface area (Å²) in [5.41, 5.74) is 6.26. The maximum atomic E-state index is 5.53. The van der Waals surface area contributed by atoms with E-state index in [2.05, 4.69) is 0 Å². The molecule has 1 heterocycles. The Hall–Kier alpha value is -1.54. The van der Waals surface area contributed by atoms with Crippen LogP contribution in [0.15, 0.2) is 40.8 Å². The van der Waals surface area contributed by atoms with E-state index in [-0.39, 0.29) is 0 Å². The van der Waals surface area contributed by atoms with Gasteiger partial charge in [0.2, 0.25) is 0 Å². The van der Waals surface area contributed by atoms with E-state index in [1.807, 2.05) is 42.5 Å². The number of hydrogen-bond acceptors (Lipinski definition) is 2. The number of furan rings is 1. The second-order valence-corrected chi connectivity index (χ2v) is 2.82. The van der Waals surface area contributed by atoms with Crippen LogP contribution in [0.1, 0.15) is 5.76 Å². The summed E-state index contributed by atoms with van der Waals surface area (Å²) in [4.78, 5) is 0. The zero-order chi connectivity index (χ0) is 9.10. The number of rotatable bonds is 2. The highest BCUT2D eigenvalue weighted by Gasteiger charge is 1.97. The Kier molecular flexibility index (Phi) is 2.15. The number of benzene rings is 1. The number of nitrogens with two attached hydrogens (primary N) is 1. The summed E-state index contributed by atoms with van der Waals surface area (Å²) in [6, 6.07) is 9.94. The summed E-state index contributed by atoms with van der Waals surface area (Å²) in [5, 5.41) is 1.12. The molecular formula is C11H11NO. The molecule has 0 aliphatic rings. The van der Waals surface area contributed by atoms with E-state index in [1.165, 1.54) is 0 Å². The molecular weight excluding hydrogens is 162 g/mol. The molecule has 2 N–H and O–H groups in total. The first-order chi connectivity index (χ1) is 6.40. The Morgan fingerprint density at radius 1 is 1.31 bits per heavy atom. The first kappa shape index (κ1) is 8.08. The summed E-state index contributed by atoms with van der Waals surface area (Å²) in [5.74, 6) is 0.853. The van der Waals surface area contributed by atoms with E-state index in [9.17, 15) is 0 Å². The molecule has 0 spiro atoms. The Morgan fingerprint density at radius 2 is 2.15 bits per heavy atom. The normalized spacial score (nSPS) is 11.5. The van der Waals surface area contributed by atoms with Gasteiger partial charge in [0.15, 0.2) is 0 Å². The van der Waals surface area contributed by atoms with Crippen LogP contribution < -0.4 is 5.73 Å². The minimum absolute atomic E-state index is 0.539. The Bertz CT molecular complexity index is 395. The molecule has 0 atom stereocenters. The molecule has 0 radical (unpaired) electrons. The lowest BCUT2D eigenvalue weighted by Crippen LogP contribution is -1.91. The zero-order valence-electron chi connectivity index (χ0n) is 7.23. The lowest BCUT2D eigenvalue weighted by Gasteiger charge is -1.83. The van der Waals surface area contributed by atoms with Crippen LogP contribution in [0, 0.1) is 0 Å². The van der Waals surface area contributed by atoms with Crippen LogP contribution in [0.25, 0.3) is 17.0 Å². The molecule has 0 aliphatic carbocycles. The van der Waals surface area contributed by atoms with E-state index in [1.54, 1.807) is 0 Å². The molecule has 2 rings (SSSR count). The van der Waals surface area contributed by atoms with Crippen molar-refractivity contribution in [2.24, 2.45) is 5.73 Å². The van der Waals surface area contributed by atoms with Gasteiger partial charge in [-0.2, -0.15) is 0 Å². The molecule has 2 heteroatoms. The van der Waals surface area contributed by atoms with Gasteiger partial charge in [0.05, 0.1) is 0 Å². The number of para-hydroxylation sites is 1. The third kappa shape index (κ3) is 1.63. The second kappa shape index (κ2) is 3.46. The van der Waals surface area contributed by atoms with Crippen molar-refractivity contribution in [2.45, 2.75) is 0 Å². The van der Waals surface area contributed by atoms with Gasteiger partial charge in [0.1, 0.15) is 11.3 Å². The predicted molar refractivity (Wildman–Crippen MR) is 54.3 cm³/mol. The van der Waals surface area contributed by atoms with Gasteiger partial charge in [-0.25, -0.2) is 0 Å². The molecule has 13 heavy (non-hydrogen) atoms. The lowest BCUT2D eigenvalue weighted by molar-refractivity contribution is 0.604. The maximum Gasteiger partial charge on any atom is 0.134 e.